The maximum Gasteiger partial charge on any atom is 0.0459 e. The summed E-state index contributed by atoms with van der Waals surface area (Å²) in [6.07, 6.45) is 1.86. The molecule has 0 spiro atoms. The molecule has 0 unspecified atom stereocenters. The van der Waals surface area contributed by atoms with Gasteiger partial charge in [-0.3, -0.25) is 0 Å². The second-order valence-corrected chi connectivity index (χ2v) is 5.77. The molecule has 2 heteroatoms. The number of para-hydroxylation sites is 1. The number of aryl methyl sites for hydroxylation is 2. The van der Waals surface area contributed by atoms with Crippen molar-refractivity contribution < 1.29 is 0 Å². The fourth-order valence-electron chi connectivity index (χ4n) is 3.02. The van der Waals surface area contributed by atoms with Crippen LogP contribution in [0.25, 0.3) is 10.9 Å². The van der Waals surface area contributed by atoms with E-state index in [0.29, 0.717) is 6.54 Å². The van der Waals surface area contributed by atoms with Crippen LogP contribution in [0, 0.1) is 13.8 Å². The molecule has 3 rings (SSSR count). The number of hydrogen-bond donors (Lipinski definition) is 2. The maximum absolute atomic E-state index is 5.81. The molecule has 2 nitrogen and oxygen atoms in total. The lowest BCUT2D eigenvalue weighted by molar-refractivity contribution is 0.943. The number of hydrogen-bond acceptors (Lipinski definition) is 1. The van der Waals surface area contributed by atoms with E-state index in [1.54, 1.807) is 0 Å². The fraction of sp³-hybridized carbons (Fsp3) is 0.263. The average Bonchev–Trinajstić information content (AvgIpc) is 2.81. The first kappa shape index (κ1) is 13.9. The van der Waals surface area contributed by atoms with E-state index >= 15 is 0 Å². The molecule has 1 heterocycles. The number of benzene rings is 2. The van der Waals surface area contributed by atoms with Gasteiger partial charge in [-0.2, -0.15) is 0 Å². The normalized spacial score (nSPS) is 11.2. The molecule has 0 atom stereocenters. The third-order valence-corrected chi connectivity index (χ3v) is 4.17. The summed E-state index contributed by atoms with van der Waals surface area (Å²) in [5, 5.41) is 1.31. The number of aromatic amines is 1. The van der Waals surface area contributed by atoms with Crippen molar-refractivity contribution in [3.63, 3.8) is 0 Å². The van der Waals surface area contributed by atoms with E-state index in [9.17, 15) is 0 Å². The van der Waals surface area contributed by atoms with E-state index in [1.165, 1.54) is 38.9 Å². The van der Waals surface area contributed by atoms with Crippen LogP contribution in [0.1, 0.15) is 27.9 Å². The van der Waals surface area contributed by atoms with Crippen molar-refractivity contribution in [1.29, 1.82) is 0 Å². The zero-order valence-electron chi connectivity index (χ0n) is 12.7. The average molecular weight is 278 g/mol. The van der Waals surface area contributed by atoms with Crippen LogP contribution < -0.4 is 5.73 Å². The Morgan fingerprint density at radius 1 is 1.05 bits per heavy atom. The van der Waals surface area contributed by atoms with Crippen molar-refractivity contribution in [2.75, 3.05) is 6.54 Å². The van der Waals surface area contributed by atoms with Gasteiger partial charge >= 0.3 is 0 Å². The van der Waals surface area contributed by atoms with Gasteiger partial charge in [0.25, 0.3) is 0 Å². The number of nitrogens with two attached hydrogens (primary N) is 1. The van der Waals surface area contributed by atoms with Crippen molar-refractivity contribution in [2.45, 2.75) is 26.7 Å². The van der Waals surface area contributed by atoms with E-state index in [2.05, 4.69) is 61.3 Å². The van der Waals surface area contributed by atoms with Crippen LogP contribution in [-0.2, 0) is 12.8 Å². The zero-order chi connectivity index (χ0) is 14.8. The first-order chi connectivity index (χ1) is 10.2. The minimum atomic E-state index is 0.682. The lowest BCUT2D eigenvalue weighted by Crippen LogP contribution is -2.05. The molecule has 0 saturated heterocycles. The van der Waals surface area contributed by atoms with Gasteiger partial charge in [0.15, 0.2) is 0 Å². The van der Waals surface area contributed by atoms with E-state index in [-0.39, 0.29) is 0 Å². The minimum absolute atomic E-state index is 0.682. The van der Waals surface area contributed by atoms with Crippen LogP contribution >= 0.6 is 0 Å². The lowest BCUT2D eigenvalue weighted by atomic mass is 9.98. The Balaban J connectivity index is 2.07. The molecular weight excluding hydrogens is 256 g/mol. The van der Waals surface area contributed by atoms with E-state index in [0.717, 1.165) is 12.8 Å². The molecule has 0 bridgehead atoms. The summed E-state index contributed by atoms with van der Waals surface area (Å²) in [6, 6.07) is 15.2. The minimum Gasteiger partial charge on any atom is -0.358 e. The van der Waals surface area contributed by atoms with Gasteiger partial charge in [-0.1, -0.05) is 42.0 Å². The smallest absolute Gasteiger partial charge is 0.0459 e. The Morgan fingerprint density at radius 3 is 2.67 bits per heavy atom. The van der Waals surface area contributed by atoms with Crippen LogP contribution in [0.3, 0.4) is 0 Å². The zero-order valence-corrected chi connectivity index (χ0v) is 12.7. The Morgan fingerprint density at radius 2 is 1.86 bits per heavy atom. The number of aromatic nitrogens is 1. The first-order valence-corrected chi connectivity index (χ1v) is 7.53. The monoisotopic (exact) mass is 278 g/mol. The predicted molar refractivity (Wildman–Crippen MR) is 89.8 cm³/mol. The lowest BCUT2D eigenvalue weighted by Gasteiger charge is -2.08. The van der Waals surface area contributed by atoms with Crippen LogP contribution in [0.2, 0.25) is 0 Å². The van der Waals surface area contributed by atoms with Gasteiger partial charge in [-0.25, -0.2) is 0 Å². The molecule has 0 fully saturated rings. The van der Waals surface area contributed by atoms with E-state index in [1.807, 2.05) is 0 Å². The second-order valence-electron chi connectivity index (χ2n) is 5.77. The highest BCUT2D eigenvalue weighted by molar-refractivity contribution is 5.84. The highest BCUT2D eigenvalue weighted by Gasteiger charge is 2.12. The predicted octanol–water partition coefficient (Wildman–Crippen LogP) is 3.88. The third-order valence-electron chi connectivity index (χ3n) is 4.17. The molecule has 3 aromatic rings. The number of H-pyrrole nitrogens is 1. The van der Waals surface area contributed by atoms with Crippen molar-refractivity contribution in [1.82, 2.24) is 4.98 Å². The second kappa shape index (κ2) is 5.74. The standard InChI is InChI=1S/C19H22N2/c1-13-7-8-14(2)15(11-13)12-19-17(9-10-20)16-5-3-4-6-18(16)21-19/h3-8,11,21H,9-10,12,20H2,1-2H3. The van der Waals surface area contributed by atoms with E-state index in [4.69, 9.17) is 5.73 Å². The van der Waals surface area contributed by atoms with Gasteiger partial charge in [0.05, 0.1) is 0 Å². The Kier molecular flexibility index (Phi) is 3.80. The van der Waals surface area contributed by atoms with Crippen molar-refractivity contribution in [3.8, 4) is 0 Å². The largest absolute Gasteiger partial charge is 0.358 e. The van der Waals surface area contributed by atoms with Crippen molar-refractivity contribution >= 4 is 10.9 Å². The first-order valence-electron chi connectivity index (χ1n) is 7.53. The molecule has 0 aliphatic heterocycles. The van der Waals surface area contributed by atoms with Crippen LogP contribution in [0.4, 0.5) is 0 Å². The summed E-state index contributed by atoms with van der Waals surface area (Å²) in [5.74, 6) is 0. The van der Waals surface area contributed by atoms with Gasteiger partial charge in [0.1, 0.15) is 0 Å². The van der Waals surface area contributed by atoms with Crippen molar-refractivity contribution in [3.05, 3.63) is 70.4 Å². The summed E-state index contributed by atoms with van der Waals surface area (Å²) in [5.41, 5.74) is 13.7. The highest BCUT2D eigenvalue weighted by atomic mass is 14.7. The molecule has 2 aromatic carbocycles. The van der Waals surface area contributed by atoms with Crippen LogP contribution in [0.15, 0.2) is 42.5 Å². The summed E-state index contributed by atoms with van der Waals surface area (Å²) < 4.78 is 0. The molecular formula is C19H22N2. The summed E-state index contributed by atoms with van der Waals surface area (Å²) in [7, 11) is 0. The molecule has 0 radical (unpaired) electrons. The maximum atomic E-state index is 5.81. The molecule has 0 aliphatic carbocycles. The molecule has 0 saturated carbocycles. The highest BCUT2D eigenvalue weighted by Crippen LogP contribution is 2.25. The van der Waals surface area contributed by atoms with Gasteiger partial charge in [0, 0.05) is 23.0 Å². The molecule has 0 aliphatic rings. The Hall–Kier alpha value is -2.06. The topological polar surface area (TPSA) is 41.8 Å². The van der Waals surface area contributed by atoms with Crippen LogP contribution in [0.5, 0.6) is 0 Å². The molecule has 3 N–H and O–H groups in total. The molecule has 0 amide bonds. The summed E-state index contributed by atoms with van der Waals surface area (Å²) in [4.78, 5) is 3.59. The number of nitrogens with one attached hydrogen (secondary N) is 1. The van der Waals surface area contributed by atoms with Crippen molar-refractivity contribution in [2.24, 2.45) is 5.73 Å². The quantitative estimate of drug-likeness (QED) is 0.747. The molecule has 21 heavy (non-hydrogen) atoms. The van der Waals surface area contributed by atoms with Gasteiger partial charge in [-0.15, -0.1) is 0 Å². The SMILES string of the molecule is Cc1ccc(C)c(Cc2[nH]c3ccccc3c2CCN)c1. The Bertz CT molecular complexity index is 768. The Labute approximate surface area is 126 Å². The van der Waals surface area contributed by atoms with Crippen LogP contribution in [-0.4, -0.2) is 11.5 Å². The third kappa shape index (κ3) is 2.72. The van der Waals surface area contributed by atoms with E-state index < -0.39 is 0 Å². The van der Waals surface area contributed by atoms with Gasteiger partial charge in [0.2, 0.25) is 0 Å². The summed E-state index contributed by atoms with van der Waals surface area (Å²) in [6.45, 7) is 5.01. The molecule has 108 valence electrons. The number of fused-ring (bicyclic) bond motifs is 1. The molecule has 1 aromatic heterocycles. The fourth-order valence-corrected chi connectivity index (χ4v) is 3.02. The number of rotatable bonds is 4. The van der Waals surface area contributed by atoms with Gasteiger partial charge < -0.3 is 10.7 Å². The summed E-state index contributed by atoms with van der Waals surface area (Å²) >= 11 is 0. The van der Waals surface area contributed by atoms with Gasteiger partial charge in [-0.05, 0) is 49.6 Å².